The summed E-state index contributed by atoms with van der Waals surface area (Å²) in [5.41, 5.74) is 2.20. The van der Waals surface area contributed by atoms with Crippen molar-refractivity contribution in [3.05, 3.63) is 42.7 Å². The third-order valence-electron chi connectivity index (χ3n) is 3.33. The van der Waals surface area contributed by atoms with Gasteiger partial charge in [0.15, 0.2) is 11.6 Å². The van der Waals surface area contributed by atoms with Crippen LogP contribution in [0.15, 0.2) is 47.1 Å². The highest BCUT2D eigenvalue weighted by atomic mass is 16.3. The van der Waals surface area contributed by atoms with E-state index in [1.165, 1.54) is 5.52 Å². The lowest BCUT2D eigenvalue weighted by atomic mass is 10.1. The number of hydrogen-bond acceptors (Lipinski definition) is 2. The lowest BCUT2D eigenvalue weighted by molar-refractivity contribution is 0.516. The summed E-state index contributed by atoms with van der Waals surface area (Å²) in [6, 6.07) is 12.1. The molecule has 0 unspecified atom stereocenters. The Morgan fingerprint density at radius 1 is 1.16 bits per heavy atom. The normalized spacial score (nSPS) is 11.5. The van der Waals surface area contributed by atoms with Crippen molar-refractivity contribution in [2.24, 2.45) is 5.92 Å². The largest absolute Gasteiger partial charge is 0.461 e. The number of para-hydroxylation sites is 2. The Kier molecular flexibility index (Phi) is 3.11. The van der Waals surface area contributed by atoms with Crippen LogP contribution in [0.25, 0.3) is 22.6 Å². The van der Waals surface area contributed by atoms with E-state index >= 15 is 0 Å². The van der Waals surface area contributed by atoms with Gasteiger partial charge in [-0.3, -0.25) is 0 Å². The van der Waals surface area contributed by atoms with Crippen LogP contribution >= 0.6 is 0 Å². The molecular weight excluding hydrogens is 236 g/mol. The molecule has 3 aromatic rings. The minimum atomic E-state index is 0.672. The van der Waals surface area contributed by atoms with Gasteiger partial charge >= 0.3 is 0 Å². The zero-order valence-electron chi connectivity index (χ0n) is 11.3. The fourth-order valence-electron chi connectivity index (χ4n) is 2.28. The van der Waals surface area contributed by atoms with E-state index in [0.717, 1.165) is 30.1 Å². The predicted octanol–water partition coefficient (Wildman–Crippen LogP) is 4.34. The van der Waals surface area contributed by atoms with Gasteiger partial charge in [-0.1, -0.05) is 26.0 Å². The maximum Gasteiger partial charge on any atom is 0.177 e. The predicted molar refractivity (Wildman–Crippen MR) is 76.9 cm³/mol. The Hall–Kier alpha value is -2.03. The van der Waals surface area contributed by atoms with Crippen molar-refractivity contribution in [1.29, 1.82) is 0 Å². The lowest BCUT2D eigenvalue weighted by Crippen LogP contribution is -2.03. The van der Waals surface area contributed by atoms with Gasteiger partial charge in [-0.15, -0.1) is 0 Å². The highest BCUT2D eigenvalue weighted by Crippen LogP contribution is 2.25. The quantitative estimate of drug-likeness (QED) is 0.693. The molecule has 3 nitrogen and oxygen atoms in total. The van der Waals surface area contributed by atoms with E-state index in [2.05, 4.69) is 30.5 Å². The molecule has 0 atom stereocenters. The average molecular weight is 254 g/mol. The van der Waals surface area contributed by atoms with Crippen LogP contribution in [0.2, 0.25) is 0 Å². The van der Waals surface area contributed by atoms with E-state index in [9.17, 15) is 0 Å². The van der Waals surface area contributed by atoms with Crippen molar-refractivity contribution in [2.75, 3.05) is 0 Å². The van der Waals surface area contributed by atoms with Crippen LogP contribution in [0.4, 0.5) is 0 Å². The van der Waals surface area contributed by atoms with E-state index in [1.54, 1.807) is 6.26 Å². The molecule has 2 aromatic heterocycles. The fraction of sp³-hybridized carbons (Fsp3) is 0.312. The molecule has 0 saturated heterocycles. The summed E-state index contributed by atoms with van der Waals surface area (Å²) < 4.78 is 7.77. The van der Waals surface area contributed by atoms with E-state index < -0.39 is 0 Å². The molecule has 1 aromatic carbocycles. The van der Waals surface area contributed by atoms with Crippen molar-refractivity contribution in [3.8, 4) is 11.6 Å². The van der Waals surface area contributed by atoms with Gasteiger partial charge in [-0.2, -0.15) is 0 Å². The molecule has 0 radical (unpaired) electrons. The molecule has 0 bridgehead atoms. The SMILES string of the molecule is CC(C)CCn1c(-c2ccco2)nc2ccccc21. The van der Waals surface area contributed by atoms with E-state index in [-0.39, 0.29) is 0 Å². The van der Waals surface area contributed by atoms with Crippen LogP contribution in [-0.2, 0) is 6.54 Å². The molecular formula is C16H18N2O. The minimum absolute atomic E-state index is 0.672. The number of hydrogen-bond donors (Lipinski definition) is 0. The molecule has 0 saturated carbocycles. The van der Waals surface area contributed by atoms with Gasteiger partial charge in [0.1, 0.15) is 0 Å². The number of imidazole rings is 1. The molecule has 3 heteroatoms. The van der Waals surface area contributed by atoms with Gasteiger partial charge in [-0.25, -0.2) is 4.98 Å². The first-order valence-electron chi connectivity index (χ1n) is 6.75. The number of benzene rings is 1. The van der Waals surface area contributed by atoms with Gasteiger partial charge in [0.2, 0.25) is 0 Å². The number of nitrogens with zero attached hydrogens (tertiary/aromatic N) is 2. The first kappa shape index (κ1) is 12.0. The molecule has 0 fully saturated rings. The Morgan fingerprint density at radius 3 is 2.74 bits per heavy atom. The van der Waals surface area contributed by atoms with Gasteiger partial charge in [0, 0.05) is 6.54 Å². The summed E-state index contributed by atoms with van der Waals surface area (Å²) in [6.07, 6.45) is 2.83. The zero-order valence-corrected chi connectivity index (χ0v) is 11.3. The van der Waals surface area contributed by atoms with Crippen LogP contribution < -0.4 is 0 Å². The maximum atomic E-state index is 5.51. The molecule has 0 aliphatic carbocycles. The molecule has 0 amide bonds. The van der Waals surface area contributed by atoms with Gasteiger partial charge in [-0.05, 0) is 36.6 Å². The van der Waals surface area contributed by atoms with Crippen LogP contribution in [-0.4, -0.2) is 9.55 Å². The summed E-state index contributed by atoms with van der Waals surface area (Å²) in [7, 11) is 0. The Labute approximate surface area is 112 Å². The van der Waals surface area contributed by atoms with Crippen LogP contribution in [0.5, 0.6) is 0 Å². The summed E-state index contributed by atoms with van der Waals surface area (Å²) in [6.45, 7) is 5.45. The first-order valence-corrected chi connectivity index (χ1v) is 6.75. The smallest absolute Gasteiger partial charge is 0.177 e. The Bertz CT molecular complexity index is 665. The second-order valence-corrected chi connectivity index (χ2v) is 5.24. The number of rotatable bonds is 4. The average Bonchev–Trinajstić information content (AvgIpc) is 3.03. The monoisotopic (exact) mass is 254 g/mol. The molecule has 98 valence electrons. The molecule has 2 heterocycles. The molecule has 0 aliphatic rings. The van der Waals surface area contributed by atoms with Crippen LogP contribution in [0.1, 0.15) is 20.3 Å². The highest BCUT2D eigenvalue weighted by molar-refractivity contribution is 5.79. The Morgan fingerprint density at radius 2 is 2.00 bits per heavy atom. The summed E-state index contributed by atoms with van der Waals surface area (Å²) in [4.78, 5) is 4.70. The summed E-state index contributed by atoms with van der Waals surface area (Å²) in [5, 5.41) is 0. The molecule has 0 aliphatic heterocycles. The Balaban J connectivity index is 2.11. The van der Waals surface area contributed by atoms with Gasteiger partial charge in [0.05, 0.1) is 17.3 Å². The lowest BCUT2D eigenvalue weighted by Gasteiger charge is -2.09. The minimum Gasteiger partial charge on any atom is -0.461 e. The maximum absolute atomic E-state index is 5.51. The highest BCUT2D eigenvalue weighted by Gasteiger charge is 2.14. The summed E-state index contributed by atoms with van der Waals surface area (Å²) in [5.74, 6) is 2.43. The third-order valence-corrected chi connectivity index (χ3v) is 3.33. The molecule has 19 heavy (non-hydrogen) atoms. The zero-order chi connectivity index (χ0) is 13.2. The van der Waals surface area contributed by atoms with Crippen molar-refractivity contribution >= 4 is 11.0 Å². The second kappa shape index (κ2) is 4.92. The standard InChI is InChI=1S/C16H18N2O/c1-12(2)9-10-18-14-7-4-3-6-13(14)17-16(18)15-8-5-11-19-15/h3-8,11-12H,9-10H2,1-2H3. The molecule has 0 N–H and O–H groups in total. The fourth-order valence-corrected chi connectivity index (χ4v) is 2.28. The van der Waals surface area contributed by atoms with Crippen molar-refractivity contribution < 1.29 is 4.42 Å². The number of fused-ring (bicyclic) bond motifs is 1. The first-order chi connectivity index (χ1) is 9.25. The van der Waals surface area contributed by atoms with Crippen LogP contribution in [0.3, 0.4) is 0 Å². The van der Waals surface area contributed by atoms with Crippen molar-refractivity contribution in [3.63, 3.8) is 0 Å². The number of aryl methyl sites for hydroxylation is 1. The third kappa shape index (κ3) is 2.28. The second-order valence-electron chi connectivity index (χ2n) is 5.24. The van der Waals surface area contributed by atoms with Gasteiger partial charge in [0.25, 0.3) is 0 Å². The van der Waals surface area contributed by atoms with Crippen molar-refractivity contribution in [1.82, 2.24) is 9.55 Å². The molecule has 3 rings (SSSR count). The van der Waals surface area contributed by atoms with Crippen LogP contribution in [0, 0.1) is 5.92 Å². The summed E-state index contributed by atoms with van der Waals surface area (Å²) >= 11 is 0. The molecule has 0 spiro atoms. The van der Waals surface area contributed by atoms with E-state index in [4.69, 9.17) is 9.40 Å². The van der Waals surface area contributed by atoms with Crippen molar-refractivity contribution in [2.45, 2.75) is 26.8 Å². The van der Waals surface area contributed by atoms with E-state index in [0.29, 0.717) is 5.92 Å². The van der Waals surface area contributed by atoms with E-state index in [1.807, 2.05) is 24.3 Å². The number of furan rings is 1. The topological polar surface area (TPSA) is 31.0 Å². The number of aromatic nitrogens is 2. The van der Waals surface area contributed by atoms with Gasteiger partial charge < -0.3 is 8.98 Å².